The quantitative estimate of drug-likeness (QED) is 0.737. The van der Waals surface area contributed by atoms with E-state index in [1.54, 1.807) is 11.9 Å². The molecule has 0 saturated heterocycles. The lowest BCUT2D eigenvalue weighted by Gasteiger charge is -2.25. The van der Waals surface area contributed by atoms with Gasteiger partial charge < -0.3 is 9.64 Å². The van der Waals surface area contributed by atoms with E-state index in [0.717, 1.165) is 10.0 Å². The highest BCUT2D eigenvalue weighted by Crippen LogP contribution is 2.27. The minimum Gasteiger partial charge on any atom is -0.444 e. The van der Waals surface area contributed by atoms with Gasteiger partial charge in [-0.1, -0.05) is 42.8 Å². The van der Waals surface area contributed by atoms with E-state index in [-0.39, 0.29) is 11.5 Å². The second kappa shape index (κ2) is 6.39. The van der Waals surface area contributed by atoms with Crippen LogP contribution >= 0.6 is 15.9 Å². The van der Waals surface area contributed by atoms with E-state index in [0.29, 0.717) is 6.54 Å². The van der Waals surface area contributed by atoms with Gasteiger partial charge in [-0.25, -0.2) is 4.79 Å². The highest BCUT2D eigenvalue weighted by atomic mass is 79.9. The first kappa shape index (κ1) is 18.0. The lowest BCUT2D eigenvalue weighted by atomic mass is 9.86. The van der Waals surface area contributed by atoms with Gasteiger partial charge >= 0.3 is 6.09 Å². The van der Waals surface area contributed by atoms with Crippen LogP contribution in [0.4, 0.5) is 4.79 Å². The van der Waals surface area contributed by atoms with Gasteiger partial charge in [-0.3, -0.25) is 0 Å². The standard InChI is InChI=1S/C17H26BrNO2/c1-16(2,3)13-8-12(9-14(18)10-13)11-19(7)15(20)21-17(4,5)6/h8-10H,11H2,1-7H3. The average molecular weight is 356 g/mol. The van der Waals surface area contributed by atoms with Gasteiger partial charge in [-0.05, 0) is 49.4 Å². The molecule has 0 fully saturated rings. The molecule has 0 saturated carbocycles. The summed E-state index contributed by atoms with van der Waals surface area (Å²) < 4.78 is 6.40. The number of nitrogens with zero attached hydrogens (tertiary/aromatic N) is 1. The van der Waals surface area contributed by atoms with E-state index in [1.807, 2.05) is 26.8 Å². The highest BCUT2D eigenvalue weighted by Gasteiger charge is 2.20. The van der Waals surface area contributed by atoms with E-state index in [1.165, 1.54) is 5.56 Å². The first-order valence-corrected chi connectivity index (χ1v) is 7.92. The zero-order chi connectivity index (χ0) is 16.4. The fourth-order valence-electron chi connectivity index (χ4n) is 1.85. The van der Waals surface area contributed by atoms with Crippen molar-refractivity contribution >= 4 is 22.0 Å². The maximum atomic E-state index is 12.0. The van der Waals surface area contributed by atoms with Crippen molar-refractivity contribution in [1.29, 1.82) is 0 Å². The first-order valence-electron chi connectivity index (χ1n) is 7.12. The number of amides is 1. The Hall–Kier alpha value is -1.03. The Morgan fingerprint density at radius 1 is 1.14 bits per heavy atom. The molecule has 21 heavy (non-hydrogen) atoms. The van der Waals surface area contributed by atoms with Gasteiger partial charge in [0.15, 0.2) is 0 Å². The predicted octanol–water partition coefficient (Wildman–Crippen LogP) is 5.11. The SMILES string of the molecule is CN(Cc1cc(Br)cc(C(C)(C)C)c1)C(=O)OC(C)(C)C. The maximum absolute atomic E-state index is 12.0. The molecule has 1 rings (SSSR count). The third-order valence-corrected chi connectivity index (χ3v) is 3.41. The lowest BCUT2D eigenvalue weighted by Crippen LogP contribution is -2.33. The van der Waals surface area contributed by atoms with Gasteiger partial charge in [0.25, 0.3) is 0 Å². The molecule has 0 aliphatic rings. The van der Waals surface area contributed by atoms with Crippen molar-refractivity contribution in [2.45, 2.75) is 59.1 Å². The molecule has 1 aromatic carbocycles. The predicted molar refractivity (Wildman–Crippen MR) is 90.5 cm³/mol. The summed E-state index contributed by atoms with van der Waals surface area (Å²) in [5, 5.41) is 0. The molecule has 0 radical (unpaired) electrons. The van der Waals surface area contributed by atoms with Crippen LogP contribution in [0.5, 0.6) is 0 Å². The maximum Gasteiger partial charge on any atom is 0.410 e. The van der Waals surface area contributed by atoms with Crippen LogP contribution in [-0.2, 0) is 16.7 Å². The van der Waals surface area contributed by atoms with E-state index in [9.17, 15) is 4.79 Å². The van der Waals surface area contributed by atoms with Gasteiger partial charge in [-0.2, -0.15) is 0 Å². The van der Waals surface area contributed by atoms with Crippen LogP contribution in [0.15, 0.2) is 22.7 Å². The molecule has 0 atom stereocenters. The Morgan fingerprint density at radius 2 is 1.71 bits per heavy atom. The molecule has 0 heterocycles. The molecule has 4 heteroatoms. The van der Waals surface area contributed by atoms with E-state index < -0.39 is 5.60 Å². The molecule has 0 bridgehead atoms. The topological polar surface area (TPSA) is 29.5 Å². The smallest absolute Gasteiger partial charge is 0.410 e. The molecule has 0 aliphatic carbocycles. The van der Waals surface area contributed by atoms with Crippen LogP contribution in [0.25, 0.3) is 0 Å². The number of hydrogen-bond donors (Lipinski definition) is 0. The molecular weight excluding hydrogens is 330 g/mol. The number of carbonyl (C=O) groups is 1. The largest absolute Gasteiger partial charge is 0.444 e. The molecule has 118 valence electrons. The molecule has 0 N–H and O–H groups in total. The van der Waals surface area contributed by atoms with E-state index in [2.05, 4.69) is 48.8 Å². The lowest BCUT2D eigenvalue weighted by molar-refractivity contribution is 0.0285. The zero-order valence-corrected chi connectivity index (χ0v) is 15.7. The summed E-state index contributed by atoms with van der Waals surface area (Å²) in [6.07, 6.45) is -0.306. The van der Waals surface area contributed by atoms with Gasteiger partial charge in [0.1, 0.15) is 5.60 Å². The summed E-state index contributed by atoms with van der Waals surface area (Å²) >= 11 is 3.55. The van der Waals surface area contributed by atoms with Crippen molar-refractivity contribution < 1.29 is 9.53 Å². The Morgan fingerprint density at radius 3 is 2.19 bits per heavy atom. The minimum absolute atomic E-state index is 0.0724. The summed E-state index contributed by atoms with van der Waals surface area (Å²) in [6, 6.07) is 6.30. The van der Waals surface area contributed by atoms with Crippen molar-refractivity contribution in [3.8, 4) is 0 Å². The Kier molecular flexibility index (Phi) is 5.48. The summed E-state index contributed by atoms with van der Waals surface area (Å²) in [6.45, 7) is 12.7. The molecule has 0 unspecified atom stereocenters. The van der Waals surface area contributed by atoms with E-state index >= 15 is 0 Å². The average Bonchev–Trinajstić information content (AvgIpc) is 2.24. The minimum atomic E-state index is -0.473. The molecular formula is C17H26BrNO2. The molecule has 0 aromatic heterocycles. The van der Waals surface area contributed by atoms with Gasteiger partial charge in [-0.15, -0.1) is 0 Å². The summed E-state index contributed by atoms with van der Waals surface area (Å²) in [7, 11) is 1.76. The third-order valence-electron chi connectivity index (χ3n) is 2.95. The van der Waals surface area contributed by atoms with Crippen LogP contribution in [0, 0.1) is 0 Å². The first-order chi connectivity index (χ1) is 9.38. The van der Waals surface area contributed by atoms with Gasteiger partial charge in [0.05, 0.1) is 0 Å². The molecule has 0 spiro atoms. The van der Waals surface area contributed by atoms with E-state index in [4.69, 9.17) is 4.74 Å². The number of carbonyl (C=O) groups excluding carboxylic acids is 1. The van der Waals surface area contributed by atoms with Crippen molar-refractivity contribution in [2.24, 2.45) is 0 Å². The van der Waals surface area contributed by atoms with Gasteiger partial charge in [0.2, 0.25) is 0 Å². The van der Waals surface area contributed by atoms with Crippen molar-refractivity contribution in [3.63, 3.8) is 0 Å². The van der Waals surface area contributed by atoms with Crippen molar-refractivity contribution in [1.82, 2.24) is 4.90 Å². The fraction of sp³-hybridized carbons (Fsp3) is 0.588. The number of halogens is 1. The molecule has 1 amide bonds. The van der Waals surface area contributed by atoms with Crippen molar-refractivity contribution in [2.75, 3.05) is 7.05 Å². The Labute approximate surface area is 136 Å². The normalized spacial score (nSPS) is 12.2. The summed E-state index contributed by atoms with van der Waals surface area (Å²) in [5.41, 5.74) is 1.93. The van der Waals surface area contributed by atoms with Crippen LogP contribution in [0.1, 0.15) is 52.7 Å². The van der Waals surface area contributed by atoms with Crippen molar-refractivity contribution in [3.05, 3.63) is 33.8 Å². The Bertz CT molecular complexity index is 513. The monoisotopic (exact) mass is 355 g/mol. The number of benzene rings is 1. The second-order valence-corrected chi connectivity index (χ2v) is 8.35. The molecule has 1 aromatic rings. The van der Waals surface area contributed by atoms with Crippen LogP contribution < -0.4 is 0 Å². The van der Waals surface area contributed by atoms with Crippen LogP contribution in [0.2, 0.25) is 0 Å². The van der Waals surface area contributed by atoms with Crippen LogP contribution in [-0.4, -0.2) is 23.6 Å². The second-order valence-electron chi connectivity index (χ2n) is 7.43. The Balaban J connectivity index is 2.88. The highest BCUT2D eigenvalue weighted by molar-refractivity contribution is 9.10. The number of rotatable bonds is 2. The number of ether oxygens (including phenoxy) is 1. The fourth-order valence-corrected chi connectivity index (χ4v) is 2.39. The summed E-state index contributed by atoms with van der Waals surface area (Å²) in [5.74, 6) is 0. The van der Waals surface area contributed by atoms with Gasteiger partial charge in [0, 0.05) is 18.1 Å². The third kappa shape index (κ3) is 6.08. The molecule has 0 aliphatic heterocycles. The van der Waals surface area contributed by atoms with Crippen LogP contribution in [0.3, 0.4) is 0 Å². The zero-order valence-electron chi connectivity index (χ0n) is 14.1. The molecule has 3 nitrogen and oxygen atoms in total. The number of hydrogen-bond acceptors (Lipinski definition) is 2. The summed E-state index contributed by atoms with van der Waals surface area (Å²) in [4.78, 5) is 13.6.